The van der Waals surface area contributed by atoms with Crippen LogP contribution in [0.3, 0.4) is 0 Å². The van der Waals surface area contributed by atoms with Gasteiger partial charge in [-0.1, -0.05) is 12.1 Å². The van der Waals surface area contributed by atoms with E-state index >= 15 is 0 Å². The Morgan fingerprint density at radius 1 is 1.14 bits per heavy atom. The molecule has 0 spiro atoms. The average Bonchev–Trinajstić information content (AvgIpc) is 3.26. The van der Waals surface area contributed by atoms with Crippen LogP contribution >= 0.6 is 0 Å². The van der Waals surface area contributed by atoms with E-state index in [0.29, 0.717) is 24.5 Å². The minimum atomic E-state index is -0.334. The molecule has 148 valence electrons. The summed E-state index contributed by atoms with van der Waals surface area (Å²) in [5.41, 5.74) is 1.40. The Kier molecular flexibility index (Phi) is 6.84. The third kappa shape index (κ3) is 5.22. The summed E-state index contributed by atoms with van der Waals surface area (Å²) in [6.07, 6.45) is 4.14. The second-order valence-electron chi connectivity index (χ2n) is 6.61. The number of rotatable bonds is 8. The monoisotopic (exact) mass is 382 g/mol. The molecule has 2 heterocycles. The molecule has 0 atom stereocenters. The van der Waals surface area contributed by atoms with Crippen molar-refractivity contribution in [3.8, 4) is 5.75 Å². The number of amides is 2. The molecule has 0 aliphatic carbocycles. The molecule has 1 fully saturated rings. The number of carbonyl (C=O) groups excluding carboxylic acids is 2. The van der Waals surface area contributed by atoms with Gasteiger partial charge in [-0.15, -0.1) is 0 Å². The maximum atomic E-state index is 12.3. The zero-order valence-electron chi connectivity index (χ0n) is 16.1. The Labute approximate surface area is 165 Å². The number of para-hydroxylation sites is 1. The summed E-state index contributed by atoms with van der Waals surface area (Å²) < 4.78 is 5.45. The molecule has 1 aromatic heterocycles. The fraction of sp³-hybridized carbons (Fsp3) is 0.381. The van der Waals surface area contributed by atoms with Gasteiger partial charge in [0.15, 0.2) is 0 Å². The van der Waals surface area contributed by atoms with Crippen molar-refractivity contribution in [3.63, 3.8) is 0 Å². The number of carbonyl (C=O) groups is 2. The number of hydrogen-bond donors (Lipinski definition) is 2. The standard InChI is InChI=1S/C21H26N4O3/c1-2-28-18-8-4-3-7-17(18)21(27)24-15-20(26)23-14-16-9-10-22-19(13-16)25-11-5-6-12-25/h3-4,7-10,13H,2,5-6,11-12,14-15H2,1H3,(H,23,26)(H,24,27). The number of hydrogen-bond acceptors (Lipinski definition) is 5. The Morgan fingerprint density at radius 3 is 2.71 bits per heavy atom. The molecule has 0 radical (unpaired) electrons. The summed E-state index contributed by atoms with van der Waals surface area (Å²) in [5.74, 6) is 0.875. The number of ether oxygens (including phenoxy) is 1. The third-order valence-electron chi connectivity index (χ3n) is 4.57. The summed E-state index contributed by atoms with van der Waals surface area (Å²) in [5, 5.41) is 5.47. The van der Waals surface area contributed by atoms with Crippen molar-refractivity contribution in [1.82, 2.24) is 15.6 Å². The second kappa shape index (κ2) is 9.73. The molecule has 2 aromatic rings. The molecule has 7 nitrogen and oxygen atoms in total. The van der Waals surface area contributed by atoms with Crippen LogP contribution in [0.2, 0.25) is 0 Å². The Hall–Kier alpha value is -3.09. The lowest BCUT2D eigenvalue weighted by atomic mass is 10.2. The molecule has 1 saturated heterocycles. The summed E-state index contributed by atoms with van der Waals surface area (Å²) in [7, 11) is 0. The van der Waals surface area contributed by atoms with E-state index in [9.17, 15) is 9.59 Å². The van der Waals surface area contributed by atoms with Crippen molar-refractivity contribution in [2.24, 2.45) is 0 Å². The molecule has 1 aliphatic heterocycles. The number of benzene rings is 1. The fourth-order valence-corrected chi connectivity index (χ4v) is 3.14. The zero-order valence-corrected chi connectivity index (χ0v) is 16.1. The Morgan fingerprint density at radius 2 is 1.93 bits per heavy atom. The van der Waals surface area contributed by atoms with Crippen molar-refractivity contribution in [2.75, 3.05) is 31.1 Å². The number of nitrogens with one attached hydrogen (secondary N) is 2. The van der Waals surface area contributed by atoms with Crippen LogP contribution in [0.4, 0.5) is 5.82 Å². The van der Waals surface area contributed by atoms with E-state index in [1.807, 2.05) is 19.1 Å². The van der Waals surface area contributed by atoms with Gasteiger partial charge in [0, 0.05) is 25.8 Å². The number of aromatic nitrogens is 1. The average molecular weight is 382 g/mol. The van der Waals surface area contributed by atoms with Crippen molar-refractivity contribution in [1.29, 1.82) is 0 Å². The number of anilines is 1. The predicted molar refractivity (Wildman–Crippen MR) is 107 cm³/mol. The highest BCUT2D eigenvalue weighted by atomic mass is 16.5. The summed E-state index contributed by atoms with van der Waals surface area (Å²) in [6, 6.07) is 10.9. The molecular formula is C21H26N4O3. The minimum absolute atomic E-state index is 0.0939. The quantitative estimate of drug-likeness (QED) is 0.731. The molecule has 7 heteroatoms. The highest BCUT2D eigenvalue weighted by molar-refractivity contribution is 5.98. The SMILES string of the molecule is CCOc1ccccc1C(=O)NCC(=O)NCc1ccnc(N2CCCC2)c1. The molecule has 0 saturated carbocycles. The van der Waals surface area contributed by atoms with Crippen molar-refractivity contribution < 1.29 is 14.3 Å². The first-order valence-corrected chi connectivity index (χ1v) is 9.64. The minimum Gasteiger partial charge on any atom is -0.493 e. The summed E-state index contributed by atoms with van der Waals surface area (Å²) in [4.78, 5) is 31.1. The van der Waals surface area contributed by atoms with Gasteiger partial charge in [0.2, 0.25) is 5.91 Å². The molecule has 2 amide bonds. The second-order valence-corrected chi connectivity index (χ2v) is 6.61. The van der Waals surface area contributed by atoms with E-state index in [1.165, 1.54) is 12.8 Å². The number of nitrogens with zero attached hydrogens (tertiary/aromatic N) is 2. The predicted octanol–water partition coefficient (Wildman–Crippen LogP) is 2.13. The van der Waals surface area contributed by atoms with Crippen LogP contribution in [-0.2, 0) is 11.3 Å². The van der Waals surface area contributed by atoms with Gasteiger partial charge in [0.05, 0.1) is 18.7 Å². The van der Waals surface area contributed by atoms with Gasteiger partial charge < -0.3 is 20.3 Å². The molecule has 28 heavy (non-hydrogen) atoms. The van der Waals surface area contributed by atoms with E-state index in [-0.39, 0.29) is 18.4 Å². The maximum absolute atomic E-state index is 12.3. The summed E-state index contributed by atoms with van der Waals surface area (Å²) >= 11 is 0. The molecule has 0 unspecified atom stereocenters. The Bertz CT molecular complexity index is 819. The Balaban J connectivity index is 1.48. The maximum Gasteiger partial charge on any atom is 0.255 e. The fourth-order valence-electron chi connectivity index (χ4n) is 3.14. The normalized spacial score (nSPS) is 13.2. The van der Waals surface area contributed by atoms with Gasteiger partial charge in [-0.2, -0.15) is 0 Å². The first kappa shape index (κ1) is 19.7. The van der Waals surface area contributed by atoms with Crippen molar-refractivity contribution in [2.45, 2.75) is 26.3 Å². The topological polar surface area (TPSA) is 83.6 Å². The summed E-state index contributed by atoms with van der Waals surface area (Å²) in [6.45, 7) is 4.68. The van der Waals surface area contributed by atoms with Crippen LogP contribution in [0.25, 0.3) is 0 Å². The van der Waals surface area contributed by atoms with Gasteiger partial charge >= 0.3 is 0 Å². The van der Waals surface area contributed by atoms with Crippen LogP contribution in [-0.4, -0.2) is 43.0 Å². The van der Waals surface area contributed by atoms with Crippen LogP contribution in [0.15, 0.2) is 42.6 Å². The first-order valence-electron chi connectivity index (χ1n) is 9.64. The molecule has 3 rings (SSSR count). The molecule has 2 N–H and O–H groups in total. The first-order chi connectivity index (χ1) is 13.7. The zero-order chi connectivity index (χ0) is 19.8. The highest BCUT2D eigenvalue weighted by Crippen LogP contribution is 2.19. The van der Waals surface area contributed by atoms with Gasteiger partial charge in [-0.3, -0.25) is 9.59 Å². The molecule has 1 aromatic carbocycles. The van der Waals surface area contributed by atoms with Gasteiger partial charge in [0.1, 0.15) is 11.6 Å². The van der Waals surface area contributed by atoms with Crippen molar-refractivity contribution in [3.05, 3.63) is 53.7 Å². The van der Waals surface area contributed by atoms with E-state index in [4.69, 9.17) is 4.74 Å². The number of pyridine rings is 1. The largest absolute Gasteiger partial charge is 0.493 e. The van der Waals surface area contributed by atoms with Crippen LogP contribution in [0.5, 0.6) is 5.75 Å². The van der Waals surface area contributed by atoms with E-state index in [0.717, 1.165) is 24.5 Å². The molecule has 1 aliphatic rings. The smallest absolute Gasteiger partial charge is 0.255 e. The lowest BCUT2D eigenvalue weighted by molar-refractivity contribution is -0.120. The highest BCUT2D eigenvalue weighted by Gasteiger charge is 2.15. The van der Waals surface area contributed by atoms with E-state index in [2.05, 4.69) is 20.5 Å². The van der Waals surface area contributed by atoms with Gasteiger partial charge in [-0.05, 0) is 49.6 Å². The third-order valence-corrected chi connectivity index (χ3v) is 4.57. The van der Waals surface area contributed by atoms with E-state index < -0.39 is 0 Å². The van der Waals surface area contributed by atoms with Gasteiger partial charge in [-0.25, -0.2) is 4.98 Å². The van der Waals surface area contributed by atoms with Crippen molar-refractivity contribution >= 4 is 17.6 Å². The molecular weight excluding hydrogens is 356 g/mol. The lowest BCUT2D eigenvalue weighted by Crippen LogP contribution is -2.36. The van der Waals surface area contributed by atoms with Crippen LogP contribution in [0.1, 0.15) is 35.7 Å². The van der Waals surface area contributed by atoms with Crippen LogP contribution in [0, 0.1) is 0 Å². The van der Waals surface area contributed by atoms with Gasteiger partial charge in [0.25, 0.3) is 5.91 Å². The van der Waals surface area contributed by atoms with E-state index in [1.54, 1.807) is 30.5 Å². The van der Waals surface area contributed by atoms with Crippen LogP contribution < -0.4 is 20.3 Å². The lowest BCUT2D eigenvalue weighted by Gasteiger charge is -2.17. The molecule has 0 bridgehead atoms.